The van der Waals surface area contributed by atoms with E-state index in [9.17, 15) is 9.59 Å². The largest absolute Gasteiger partial charge is 0.491 e. The van der Waals surface area contributed by atoms with E-state index in [1.807, 2.05) is 24.0 Å². The van der Waals surface area contributed by atoms with E-state index in [2.05, 4.69) is 11.4 Å². The Labute approximate surface area is 196 Å². The summed E-state index contributed by atoms with van der Waals surface area (Å²) in [5, 5.41) is 2.70. The van der Waals surface area contributed by atoms with Crippen LogP contribution in [0.15, 0.2) is 58.5 Å². The van der Waals surface area contributed by atoms with Crippen molar-refractivity contribution >= 4 is 34.8 Å². The maximum absolute atomic E-state index is 13.4. The van der Waals surface area contributed by atoms with Gasteiger partial charge in [0, 0.05) is 23.0 Å². The maximum atomic E-state index is 13.4. The Morgan fingerprint density at radius 1 is 1.25 bits per heavy atom. The van der Waals surface area contributed by atoms with Crippen molar-refractivity contribution in [3.63, 3.8) is 0 Å². The maximum Gasteiger partial charge on any atom is 0.290 e. The number of hydrogen-bond donors (Lipinski definition) is 0. The van der Waals surface area contributed by atoms with Crippen molar-refractivity contribution in [1.82, 2.24) is 9.80 Å². The summed E-state index contributed by atoms with van der Waals surface area (Å²) in [6.45, 7) is 3.39. The summed E-state index contributed by atoms with van der Waals surface area (Å²) in [7, 11) is 0. The fourth-order valence-electron chi connectivity index (χ4n) is 3.91. The van der Waals surface area contributed by atoms with E-state index in [1.165, 1.54) is 11.1 Å². The van der Waals surface area contributed by atoms with Crippen LogP contribution in [0.2, 0.25) is 5.02 Å². The minimum absolute atomic E-state index is 0.00425. The van der Waals surface area contributed by atoms with Crippen molar-refractivity contribution in [2.24, 2.45) is 0 Å². The lowest BCUT2D eigenvalue weighted by molar-refractivity contribution is -0.135. The van der Waals surface area contributed by atoms with Crippen LogP contribution in [0.25, 0.3) is 0 Å². The molecule has 32 heavy (non-hydrogen) atoms. The van der Waals surface area contributed by atoms with Crippen LogP contribution in [0.4, 0.5) is 0 Å². The third-order valence-electron chi connectivity index (χ3n) is 5.48. The SMILES string of the molecule is CCCN(CC(=O)N1CCc2sccc2C1COc1ccc(Cl)cc1)C(=O)c1ccco1. The van der Waals surface area contributed by atoms with Crippen molar-refractivity contribution < 1.29 is 18.7 Å². The average Bonchev–Trinajstić information content (AvgIpc) is 3.50. The highest BCUT2D eigenvalue weighted by Gasteiger charge is 2.33. The summed E-state index contributed by atoms with van der Waals surface area (Å²) < 4.78 is 11.3. The third-order valence-corrected chi connectivity index (χ3v) is 6.72. The molecule has 1 unspecified atom stereocenters. The second-order valence-electron chi connectivity index (χ2n) is 7.62. The summed E-state index contributed by atoms with van der Waals surface area (Å²) in [5.74, 6) is 0.574. The van der Waals surface area contributed by atoms with Crippen LogP contribution in [0.1, 0.15) is 40.4 Å². The third kappa shape index (κ3) is 5.00. The molecule has 0 saturated heterocycles. The van der Waals surface area contributed by atoms with Gasteiger partial charge in [0.2, 0.25) is 5.91 Å². The van der Waals surface area contributed by atoms with Gasteiger partial charge < -0.3 is 19.0 Å². The number of ether oxygens (including phenoxy) is 1. The van der Waals surface area contributed by atoms with Gasteiger partial charge in [0.15, 0.2) is 5.76 Å². The van der Waals surface area contributed by atoms with Gasteiger partial charge in [-0.25, -0.2) is 0 Å². The van der Waals surface area contributed by atoms with E-state index < -0.39 is 0 Å². The lowest BCUT2D eigenvalue weighted by Crippen LogP contribution is -2.48. The van der Waals surface area contributed by atoms with Gasteiger partial charge in [-0.15, -0.1) is 11.3 Å². The highest BCUT2D eigenvalue weighted by molar-refractivity contribution is 7.10. The first-order chi connectivity index (χ1) is 15.6. The normalized spacial score (nSPS) is 15.3. The molecule has 1 aromatic carbocycles. The van der Waals surface area contributed by atoms with Crippen LogP contribution in [0.5, 0.6) is 5.75 Å². The molecule has 6 nitrogen and oxygen atoms in total. The molecule has 0 bridgehead atoms. The lowest BCUT2D eigenvalue weighted by Gasteiger charge is -2.37. The molecule has 0 spiro atoms. The molecule has 4 rings (SSSR count). The van der Waals surface area contributed by atoms with Gasteiger partial charge in [0.05, 0.1) is 12.3 Å². The van der Waals surface area contributed by atoms with Crippen LogP contribution in [-0.2, 0) is 11.2 Å². The zero-order valence-corrected chi connectivity index (χ0v) is 19.4. The molecule has 0 radical (unpaired) electrons. The standard InChI is InChI=1S/C24H25ClN2O4S/c1-2-11-26(24(29)21-4-3-13-30-21)15-23(28)27-12-9-22-19(10-14-32-22)20(27)16-31-18-7-5-17(25)6-8-18/h3-8,10,13-14,20H,2,9,11-12,15-16H2,1H3. The Morgan fingerprint density at radius 2 is 2.06 bits per heavy atom. The van der Waals surface area contributed by atoms with Gasteiger partial charge in [-0.3, -0.25) is 9.59 Å². The number of benzene rings is 1. The van der Waals surface area contributed by atoms with Crippen molar-refractivity contribution in [3.05, 3.63) is 75.3 Å². The van der Waals surface area contributed by atoms with Crippen LogP contribution >= 0.6 is 22.9 Å². The Balaban J connectivity index is 1.50. The summed E-state index contributed by atoms with van der Waals surface area (Å²) >= 11 is 7.67. The molecular weight excluding hydrogens is 448 g/mol. The second-order valence-corrected chi connectivity index (χ2v) is 9.06. The van der Waals surface area contributed by atoms with Crippen molar-refractivity contribution in [2.45, 2.75) is 25.8 Å². The first-order valence-corrected chi connectivity index (χ1v) is 11.9. The number of furan rings is 1. The molecule has 1 aliphatic rings. The monoisotopic (exact) mass is 472 g/mol. The Hall–Kier alpha value is -2.77. The number of fused-ring (bicyclic) bond motifs is 1. The molecule has 8 heteroatoms. The number of amides is 2. The van der Waals surface area contributed by atoms with Crippen LogP contribution in [0.3, 0.4) is 0 Å². The van der Waals surface area contributed by atoms with E-state index >= 15 is 0 Å². The molecule has 1 aliphatic heterocycles. The van der Waals surface area contributed by atoms with Crippen LogP contribution < -0.4 is 4.74 Å². The van der Waals surface area contributed by atoms with Gasteiger partial charge in [-0.2, -0.15) is 0 Å². The number of thiophene rings is 1. The minimum Gasteiger partial charge on any atom is -0.491 e. The molecule has 3 aromatic rings. The molecule has 0 N–H and O–H groups in total. The van der Waals surface area contributed by atoms with Gasteiger partial charge >= 0.3 is 0 Å². The number of carbonyl (C=O) groups excluding carboxylic acids is 2. The van der Waals surface area contributed by atoms with E-state index in [1.54, 1.807) is 40.5 Å². The predicted octanol–water partition coefficient (Wildman–Crippen LogP) is 5.05. The first kappa shape index (κ1) is 22.4. The lowest BCUT2D eigenvalue weighted by atomic mass is 10.0. The summed E-state index contributed by atoms with van der Waals surface area (Å²) in [4.78, 5) is 30.9. The fraction of sp³-hybridized carbons (Fsp3) is 0.333. The summed E-state index contributed by atoms with van der Waals surface area (Å²) in [5.41, 5.74) is 1.11. The molecule has 0 saturated carbocycles. The Kier molecular flexibility index (Phi) is 7.17. The first-order valence-electron chi connectivity index (χ1n) is 10.6. The zero-order chi connectivity index (χ0) is 22.5. The van der Waals surface area contributed by atoms with Crippen LogP contribution in [0, 0.1) is 0 Å². The topological polar surface area (TPSA) is 63.0 Å². The van der Waals surface area contributed by atoms with Gasteiger partial charge in [-0.05, 0) is 66.2 Å². The summed E-state index contributed by atoms with van der Waals surface area (Å²) in [6.07, 6.45) is 3.01. The second kappa shape index (κ2) is 10.2. The fourth-order valence-corrected chi connectivity index (χ4v) is 4.97. The molecular formula is C24H25ClN2O4S. The molecule has 168 valence electrons. The van der Waals surface area contributed by atoms with Crippen LogP contribution in [-0.4, -0.2) is 47.9 Å². The highest BCUT2D eigenvalue weighted by Crippen LogP contribution is 2.34. The molecule has 0 fully saturated rings. The molecule has 2 amide bonds. The van der Waals surface area contributed by atoms with Crippen molar-refractivity contribution in [1.29, 1.82) is 0 Å². The highest BCUT2D eigenvalue weighted by atomic mass is 35.5. The molecule has 0 aliphatic carbocycles. The smallest absolute Gasteiger partial charge is 0.290 e. The van der Waals surface area contributed by atoms with Crippen molar-refractivity contribution in [3.8, 4) is 5.75 Å². The van der Waals surface area contributed by atoms with Gasteiger partial charge in [0.1, 0.15) is 18.9 Å². The van der Waals surface area contributed by atoms with E-state index in [0.29, 0.717) is 30.5 Å². The minimum atomic E-state index is -0.271. The molecule has 1 atom stereocenters. The van der Waals surface area contributed by atoms with E-state index in [0.717, 1.165) is 18.4 Å². The zero-order valence-electron chi connectivity index (χ0n) is 17.8. The number of nitrogens with zero attached hydrogens (tertiary/aromatic N) is 2. The van der Waals surface area contributed by atoms with E-state index in [4.69, 9.17) is 20.8 Å². The Bertz CT molecular complexity index is 1050. The quantitative estimate of drug-likeness (QED) is 0.460. The summed E-state index contributed by atoms with van der Waals surface area (Å²) in [6, 6.07) is 12.3. The van der Waals surface area contributed by atoms with E-state index in [-0.39, 0.29) is 30.2 Å². The molecule has 2 aromatic heterocycles. The van der Waals surface area contributed by atoms with Gasteiger partial charge in [-0.1, -0.05) is 18.5 Å². The Morgan fingerprint density at radius 3 is 2.78 bits per heavy atom. The van der Waals surface area contributed by atoms with Gasteiger partial charge in [0.25, 0.3) is 5.91 Å². The average molecular weight is 473 g/mol. The number of rotatable bonds is 8. The number of carbonyl (C=O) groups is 2. The molecule has 3 heterocycles. The number of halogens is 1. The predicted molar refractivity (Wildman–Crippen MR) is 124 cm³/mol. The number of hydrogen-bond acceptors (Lipinski definition) is 5. The van der Waals surface area contributed by atoms with Crippen molar-refractivity contribution in [2.75, 3.05) is 26.2 Å².